The Morgan fingerprint density at radius 2 is 0.823 bits per heavy atom. The molecule has 0 bridgehead atoms. The number of hydrogen-bond acceptors (Lipinski definition) is 27. The number of nitrogens with one attached hydrogen (secondary N) is 17. The molecule has 0 aromatic heterocycles. The molecule has 0 unspecified atom stereocenters. The Hall–Kier alpha value is -12.8. The maximum absolute atomic E-state index is 14.7. The SMILES string of the molecule is CSCC[C@H](NC(=O)[C@@H](NC(=O)[C@H](CC(=O)O)NC(=O)[C@H](CCCCN)NC(=O)[C@H](C)NC(=O)[C@@H]1CCCN1C(=O)[C@@H]1CCCN1C(=O)[C@H](CC(=O)O)NC(=O)[C@H](CCCNC(=N)N)NC(=O)CNC(=O)[C@H](C)NC(=O)[C@H](CCC(=O)O)NC(=O)CNC(=O)[C@@H](N)CC(=O)O)C(C)C)C(=O)N1CCC[C@H]1C(=O)NCC(=O)N1CCC[C@H]1C(=O)N[C@@H](CCCNC(=N)N)C(=O)O. The fraction of sp³-hybridized carbons (Fsp3) is 0.688. The Morgan fingerprint density at radius 1 is 0.392 bits per heavy atom. The molecule has 4 fully saturated rings. The van der Waals surface area contributed by atoms with Crippen molar-refractivity contribution in [2.24, 2.45) is 28.9 Å². The van der Waals surface area contributed by atoms with Crippen molar-refractivity contribution in [1.82, 2.24) is 99.4 Å². The number of aliphatic carboxylic acids is 5. The van der Waals surface area contributed by atoms with Gasteiger partial charge >= 0.3 is 29.8 Å². The number of thioether (sulfide) groups is 1. The van der Waals surface area contributed by atoms with Crippen LogP contribution < -0.4 is 103 Å². The molecule has 726 valence electrons. The zero-order chi connectivity index (χ0) is 97.3. The fourth-order valence-corrected chi connectivity index (χ4v) is 15.1. The number of carbonyl (C=O) groups is 22. The van der Waals surface area contributed by atoms with E-state index in [1.165, 1.54) is 42.3 Å². The average Bonchev–Trinajstić information content (AvgIpc) is 1.29. The minimum absolute atomic E-state index is 0.0117. The summed E-state index contributed by atoms with van der Waals surface area (Å²) in [7, 11) is 0. The zero-order valence-electron chi connectivity index (χ0n) is 73.1. The normalized spacial score (nSPS) is 18.2. The Kier molecular flexibility index (Phi) is 46.4. The van der Waals surface area contributed by atoms with E-state index in [1.54, 1.807) is 6.26 Å². The van der Waals surface area contributed by atoms with Crippen molar-refractivity contribution in [3.63, 3.8) is 0 Å². The minimum Gasteiger partial charge on any atom is -0.481 e. The summed E-state index contributed by atoms with van der Waals surface area (Å²) in [6, 6.07) is -22.1. The van der Waals surface area contributed by atoms with Crippen molar-refractivity contribution in [1.29, 1.82) is 10.8 Å². The second-order valence-corrected chi connectivity index (χ2v) is 32.9. The van der Waals surface area contributed by atoms with Crippen LogP contribution in [0.3, 0.4) is 0 Å². The lowest BCUT2D eigenvalue weighted by Gasteiger charge is -2.33. The van der Waals surface area contributed by atoms with Crippen molar-refractivity contribution < 1.29 is 131 Å². The first kappa shape index (κ1) is 109. The number of carboxylic acids is 5. The van der Waals surface area contributed by atoms with Crippen LogP contribution in [-0.4, -0.2) is 355 Å². The van der Waals surface area contributed by atoms with E-state index < -0.39 is 285 Å². The molecule has 15 atom stereocenters. The van der Waals surface area contributed by atoms with Gasteiger partial charge in [-0.15, -0.1) is 0 Å². The smallest absolute Gasteiger partial charge is 0.326 e. The lowest BCUT2D eigenvalue weighted by atomic mass is 10.0. The predicted octanol–water partition coefficient (Wildman–Crippen LogP) is -10.0. The van der Waals surface area contributed by atoms with Gasteiger partial charge in [0.1, 0.15) is 84.6 Å². The van der Waals surface area contributed by atoms with Gasteiger partial charge in [-0.3, -0.25) is 112 Å². The van der Waals surface area contributed by atoms with E-state index in [-0.39, 0.29) is 135 Å². The minimum atomic E-state index is -1.93. The summed E-state index contributed by atoms with van der Waals surface area (Å²) in [5, 5.41) is 98.9. The first-order chi connectivity index (χ1) is 61.3. The molecule has 53 heteroatoms. The van der Waals surface area contributed by atoms with Gasteiger partial charge in [0.25, 0.3) is 0 Å². The van der Waals surface area contributed by atoms with E-state index in [4.69, 9.17) is 38.9 Å². The Balaban J connectivity index is 1.42. The molecule has 4 aliphatic heterocycles. The van der Waals surface area contributed by atoms with E-state index in [0.717, 1.165) is 16.7 Å². The lowest BCUT2D eigenvalue weighted by Crippen LogP contribution is -2.61. The molecular formula is C77H125N25O27S. The first-order valence-electron chi connectivity index (χ1n) is 42.6. The highest BCUT2D eigenvalue weighted by Crippen LogP contribution is 2.28. The molecular weight excluding hydrogens is 1740 g/mol. The van der Waals surface area contributed by atoms with E-state index in [1.807, 2.05) is 0 Å². The van der Waals surface area contributed by atoms with Crippen molar-refractivity contribution >= 4 is 154 Å². The molecule has 4 rings (SSSR count). The first-order valence-corrected chi connectivity index (χ1v) is 44.0. The number of rotatable bonds is 56. The molecule has 0 aliphatic carbocycles. The number of carbonyl (C=O) groups excluding carboxylic acids is 17. The van der Waals surface area contributed by atoms with Crippen LogP contribution in [0.15, 0.2) is 0 Å². The topological polar surface area (TPSA) is 822 Å². The molecule has 4 aliphatic rings. The van der Waals surface area contributed by atoms with Gasteiger partial charge in [0.15, 0.2) is 11.9 Å². The van der Waals surface area contributed by atoms with E-state index in [9.17, 15) is 126 Å². The highest BCUT2D eigenvalue weighted by Gasteiger charge is 2.47. The fourth-order valence-electron chi connectivity index (χ4n) is 14.6. The maximum Gasteiger partial charge on any atom is 0.326 e. The summed E-state index contributed by atoms with van der Waals surface area (Å²) < 4.78 is 0. The van der Waals surface area contributed by atoms with Crippen LogP contribution in [0.1, 0.15) is 163 Å². The number of unbranched alkanes of at least 4 members (excludes halogenated alkanes) is 1. The second-order valence-electron chi connectivity index (χ2n) is 31.9. The third kappa shape index (κ3) is 36.7. The summed E-state index contributed by atoms with van der Waals surface area (Å²) in [5.74, 6) is -24.7. The largest absolute Gasteiger partial charge is 0.481 e. The van der Waals surface area contributed by atoms with Gasteiger partial charge in [-0.1, -0.05) is 13.8 Å². The van der Waals surface area contributed by atoms with Crippen LogP contribution >= 0.6 is 11.8 Å². The van der Waals surface area contributed by atoms with Crippen LogP contribution in [0, 0.1) is 16.7 Å². The van der Waals surface area contributed by atoms with Gasteiger partial charge < -0.3 is 148 Å². The molecule has 0 radical (unpaired) electrons. The number of amides is 17. The van der Waals surface area contributed by atoms with Crippen LogP contribution in [0.5, 0.6) is 0 Å². The molecule has 0 aromatic rings. The van der Waals surface area contributed by atoms with E-state index in [0.29, 0.717) is 25.0 Å². The second kappa shape index (κ2) is 55.1. The van der Waals surface area contributed by atoms with Crippen LogP contribution in [-0.2, 0) is 105 Å². The zero-order valence-corrected chi connectivity index (χ0v) is 73.9. The van der Waals surface area contributed by atoms with Gasteiger partial charge in [0.05, 0.1) is 44.9 Å². The van der Waals surface area contributed by atoms with Crippen LogP contribution in [0.4, 0.5) is 0 Å². The Labute approximate surface area is 751 Å². The van der Waals surface area contributed by atoms with Gasteiger partial charge in [0.2, 0.25) is 100 Å². The van der Waals surface area contributed by atoms with Crippen molar-refractivity contribution in [3.05, 3.63) is 0 Å². The molecule has 17 amide bonds. The van der Waals surface area contributed by atoms with Crippen molar-refractivity contribution in [3.8, 4) is 0 Å². The van der Waals surface area contributed by atoms with Crippen molar-refractivity contribution in [2.75, 3.05) is 77.5 Å². The summed E-state index contributed by atoms with van der Waals surface area (Å²) >= 11 is 1.32. The summed E-state index contributed by atoms with van der Waals surface area (Å²) in [4.78, 5) is 299. The predicted molar refractivity (Wildman–Crippen MR) is 457 cm³/mol. The quantitative estimate of drug-likeness (QED) is 0.0153. The summed E-state index contributed by atoms with van der Waals surface area (Å²) in [6.07, 6.45) is -0.679. The third-order valence-electron chi connectivity index (χ3n) is 21.5. The standard InChI is InChI=1S/C77H125N25O27S/c1-38(2)60(71(124)94-45(23-31-130-5)72(125)100-28-11-17-49(100)68(121)88-37-55(105)99-27-10-18-50(99)70(123)95-46(75(128)129)16-9-26-85-77(82)83)98-67(120)47(33-58(110)111)96-66(119)43(14-6-7-24-78)93-62(115)40(4)90-69(122)51-19-12-29-101(51)74(127)52-20-13-30-102(52)73(126)48(34-59(112)113)97-65(118)42(15-8-25-84-76(80)81)91-53(103)35-86-61(114)39(3)89-64(117)44(21-22-56(106)107)92-54(104)36-87-63(116)41(79)32-57(108)109/h38-52,60H,6-37,78-79H2,1-5H3,(H,86,114)(H,87,116)(H,88,121)(H,89,117)(H,90,122)(H,91,103)(H,92,104)(H,93,115)(H,94,124)(H,95,123)(H,96,119)(H,97,118)(H,98,120)(H,106,107)(H,108,109)(H,110,111)(H,112,113)(H,128,129)(H4,80,81,84)(H4,82,83,85)/t39-,40-,41-,42-,43-,44-,45-,46-,47-,48-,49-,50-,51-,52-,60-/m0/s1. The highest BCUT2D eigenvalue weighted by molar-refractivity contribution is 7.98. The molecule has 0 saturated carbocycles. The monoisotopic (exact) mass is 1860 g/mol. The highest BCUT2D eigenvalue weighted by atomic mass is 32.2. The molecule has 130 heavy (non-hydrogen) atoms. The Morgan fingerprint density at radius 3 is 1.35 bits per heavy atom. The van der Waals surface area contributed by atoms with E-state index >= 15 is 0 Å². The van der Waals surface area contributed by atoms with Gasteiger partial charge in [-0.2, -0.15) is 11.8 Å². The molecule has 4 heterocycles. The van der Waals surface area contributed by atoms with E-state index in [2.05, 4.69) is 79.8 Å². The van der Waals surface area contributed by atoms with Crippen LogP contribution in [0.25, 0.3) is 0 Å². The van der Waals surface area contributed by atoms with Crippen LogP contribution in [0.2, 0.25) is 0 Å². The summed E-state index contributed by atoms with van der Waals surface area (Å²) in [5.41, 5.74) is 22.0. The van der Waals surface area contributed by atoms with Gasteiger partial charge in [0, 0.05) is 45.7 Å². The lowest BCUT2D eigenvalue weighted by molar-refractivity contribution is -0.149. The number of hydrogen-bond donors (Lipinski definition) is 26. The molecule has 52 nitrogen and oxygen atoms in total. The molecule has 30 N–H and O–H groups in total. The average molecular weight is 1870 g/mol. The third-order valence-corrected chi connectivity index (χ3v) is 22.1. The number of carboxylic acid groups (broad SMARTS) is 5. The summed E-state index contributed by atoms with van der Waals surface area (Å²) in [6.45, 7) is 3.31. The molecule has 0 aromatic carbocycles. The number of nitrogens with two attached hydrogens (primary N) is 4. The molecule has 0 spiro atoms. The van der Waals surface area contributed by atoms with Gasteiger partial charge in [-0.05, 0) is 147 Å². The number of guanidine groups is 2. The molecule has 4 saturated heterocycles. The number of nitrogens with zero attached hydrogens (tertiary/aromatic N) is 4. The number of likely N-dealkylation sites (tertiary alicyclic amines) is 4. The maximum atomic E-state index is 14.7. The van der Waals surface area contributed by atoms with Crippen molar-refractivity contribution in [2.45, 2.75) is 253 Å². The van der Waals surface area contributed by atoms with Gasteiger partial charge in [-0.25, -0.2) is 4.79 Å². The Bertz CT molecular complexity index is 4110.